The third-order valence-electron chi connectivity index (χ3n) is 2.88. The van der Waals surface area contributed by atoms with Crippen molar-refractivity contribution < 1.29 is 28.4 Å². The number of carbonyl (C=O) groups excluding carboxylic acids is 3. The van der Waals surface area contributed by atoms with Gasteiger partial charge >= 0.3 is 12.1 Å². The topological polar surface area (TPSA) is 121 Å². The number of alkyl carbamates (subject to hydrolysis) is 1. The second-order valence-electron chi connectivity index (χ2n) is 4.92. The molecule has 2 amide bonds. The van der Waals surface area contributed by atoms with Gasteiger partial charge in [0.2, 0.25) is 0 Å². The molecule has 2 aromatic heterocycles. The van der Waals surface area contributed by atoms with Crippen LogP contribution < -0.4 is 5.32 Å². The van der Waals surface area contributed by atoms with E-state index in [4.69, 9.17) is 9.26 Å². The normalized spacial score (nSPS) is 10.2. The van der Waals surface area contributed by atoms with Crippen molar-refractivity contribution in [1.82, 2.24) is 15.5 Å². The Kier molecular flexibility index (Phi) is 7.15. The van der Waals surface area contributed by atoms with Crippen LogP contribution >= 0.6 is 11.8 Å². The van der Waals surface area contributed by atoms with Gasteiger partial charge in [-0.05, 0) is 26.0 Å². The van der Waals surface area contributed by atoms with Crippen molar-refractivity contribution in [2.75, 3.05) is 13.2 Å². The fourth-order valence-corrected chi connectivity index (χ4v) is 2.68. The zero-order valence-electron chi connectivity index (χ0n) is 14.2. The first-order valence-corrected chi connectivity index (χ1v) is 8.62. The number of aromatic nitrogens is 2. The van der Waals surface area contributed by atoms with Crippen LogP contribution in [0.5, 0.6) is 0 Å². The standard InChI is InChI=1S/C16H17N3O6S/c1-3-23-16(22)18-13(20)8-24-15(21)12-5-4-6-17-14(12)26-9-11-7-10(2)25-19-11/h4-7H,3,8-9H2,1-2H3,(H,18,20,22). The molecule has 0 radical (unpaired) electrons. The number of aryl methyl sites for hydroxylation is 1. The van der Waals surface area contributed by atoms with Crippen LogP contribution in [0, 0.1) is 6.92 Å². The second-order valence-corrected chi connectivity index (χ2v) is 5.88. The second kappa shape index (κ2) is 9.56. The highest BCUT2D eigenvalue weighted by atomic mass is 32.2. The molecule has 2 rings (SSSR count). The molecule has 0 aliphatic rings. The first kappa shape index (κ1) is 19.4. The molecule has 0 spiro atoms. The Bertz CT molecular complexity index is 792. The van der Waals surface area contributed by atoms with Gasteiger partial charge in [0.25, 0.3) is 5.91 Å². The van der Waals surface area contributed by atoms with E-state index in [0.717, 1.165) is 0 Å². The average Bonchev–Trinajstić information content (AvgIpc) is 3.03. The van der Waals surface area contributed by atoms with Crippen molar-refractivity contribution in [3.63, 3.8) is 0 Å². The lowest BCUT2D eigenvalue weighted by Gasteiger charge is -2.08. The number of hydrogen-bond donors (Lipinski definition) is 1. The van der Waals surface area contributed by atoms with E-state index in [1.54, 1.807) is 32.2 Å². The molecule has 0 bridgehead atoms. The van der Waals surface area contributed by atoms with Gasteiger partial charge in [-0.15, -0.1) is 0 Å². The molecule has 10 heteroatoms. The number of thioether (sulfide) groups is 1. The van der Waals surface area contributed by atoms with Crippen LogP contribution in [-0.4, -0.2) is 41.3 Å². The molecule has 0 unspecified atom stereocenters. The van der Waals surface area contributed by atoms with Gasteiger partial charge in [0.1, 0.15) is 10.8 Å². The van der Waals surface area contributed by atoms with Crippen LogP contribution in [0.25, 0.3) is 0 Å². The van der Waals surface area contributed by atoms with Gasteiger partial charge in [0, 0.05) is 18.0 Å². The van der Waals surface area contributed by atoms with E-state index in [9.17, 15) is 14.4 Å². The van der Waals surface area contributed by atoms with Crippen molar-refractivity contribution in [3.05, 3.63) is 41.4 Å². The van der Waals surface area contributed by atoms with Gasteiger partial charge in [0.15, 0.2) is 6.61 Å². The van der Waals surface area contributed by atoms with E-state index < -0.39 is 24.6 Å². The number of carbonyl (C=O) groups is 3. The lowest BCUT2D eigenvalue weighted by molar-refractivity contribution is -0.123. The number of amides is 2. The first-order valence-electron chi connectivity index (χ1n) is 7.63. The maximum Gasteiger partial charge on any atom is 0.413 e. The van der Waals surface area contributed by atoms with Gasteiger partial charge < -0.3 is 14.0 Å². The van der Waals surface area contributed by atoms with Crippen molar-refractivity contribution in [2.45, 2.75) is 24.6 Å². The molecule has 138 valence electrons. The number of ether oxygens (including phenoxy) is 2. The van der Waals surface area contributed by atoms with Crippen molar-refractivity contribution >= 4 is 29.7 Å². The third-order valence-corrected chi connectivity index (χ3v) is 3.91. The summed E-state index contributed by atoms with van der Waals surface area (Å²) in [5.41, 5.74) is 0.924. The smallest absolute Gasteiger partial charge is 0.413 e. The van der Waals surface area contributed by atoms with Crippen molar-refractivity contribution in [2.24, 2.45) is 0 Å². The van der Waals surface area contributed by atoms with E-state index in [1.807, 2.05) is 5.32 Å². The summed E-state index contributed by atoms with van der Waals surface area (Å²) < 4.78 is 14.5. The molecule has 2 aromatic rings. The van der Waals surface area contributed by atoms with E-state index in [2.05, 4.69) is 14.9 Å². The largest absolute Gasteiger partial charge is 0.452 e. The summed E-state index contributed by atoms with van der Waals surface area (Å²) in [6.07, 6.45) is 0.648. The van der Waals surface area contributed by atoms with Crippen LogP contribution in [0.3, 0.4) is 0 Å². The Balaban J connectivity index is 1.92. The first-order chi connectivity index (χ1) is 12.5. The van der Waals surface area contributed by atoms with Gasteiger partial charge in [-0.2, -0.15) is 0 Å². The molecule has 0 fully saturated rings. The molecular weight excluding hydrogens is 362 g/mol. The summed E-state index contributed by atoms with van der Waals surface area (Å²) in [6.45, 7) is 2.90. The van der Waals surface area contributed by atoms with Crippen LogP contribution in [0.4, 0.5) is 4.79 Å². The fraction of sp³-hybridized carbons (Fsp3) is 0.312. The van der Waals surface area contributed by atoms with Crippen molar-refractivity contribution in [1.29, 1.82) is 0 Å². The Morgan fingerprint density at radius 2 is 2.12 bits per heavy atom. The van der Waals surface area contributed by atoms with Gasteiger partial charge in [-0.3, -0.25) is 10.1 Å². The minimum atomic E-state index is -0.894. The summed E-state index contributed by atoms with van der Waals surface area (Å²) in [5, 5.41) is 6.24. The molecule has 0 aliphatic heterocycles. The number of nitrogens with one attached hydrogen (secondary N) is 1. The minimum absolute atomic E-state index is 0.125. The molecule has 2 heterocycles. The van der Waals surface area contributed by atoms with Crippen LogP contribution in [0.2, 0.25) is 0 Å². The number of hydrogen-bond acceptors (Lipinski definition) is 9. The highest BCUT2D eigenvalue weighted by molar-refractivity contribution is 7.98. The monoisotopic (exact) mass is 379 g/mol. The quantitative estimate of drug-likeness (QED) is 0.569. The molecule has 0 aromatic carbocycles. The SMILES string of the molecule is CCOC(=O)NC(=O)COC(=O)c1cccnc1SCc1cc(C)on1. The Morgan fingerprint density at radius 3 is 2.81 bits per heavy atom. The van der Waals surface area contributed by atoms with Gasteiger partial charge in [0.05, 0.1) is 17.9 Å². The number of imide groups is 1. The van der Waals surface area contributed by atoms with Crippen molar-refractivity contribution in [3.8, 4) is 0 Å². The molecule has 0 saturated heterocycles. The Morgan fingerprint density at radius 1 is 1.31 bits per heavy atom. The highest BCUT2D eigenvalue weighted by Gasteiger charge is 2.17. The number of rotatable bonds is 7. The number of nitrogens with zero attached hydrogens (tertiary/aromatic N) is 2. The zero-order valence-corrected chi connectivity index (χ0v) is 15.0. The summed E-state index contributed by atoms with van der Waals surface area (Å²) in [5.74, 6) is -0.365. The molecule has 1 N–H and O–H groups in total. The molecule has 26 heavy (non-hydrogen) atoms. The summed E-state index contributed by atoms with van der Waals surface area (Å²) >= 11 is 1.28. The summed E-state index contributed by atoms with van der Waals surface area (Å²) in [7, 11) is 0. The predicted octanol–water partition coefficient (Wildman–Crippen LogP) is 2.10. The molecule has 0 atom stereocenters. The summed E-state index contributed by atoms with van der Waals surface area (Å²) in [6, 6.07) is 4.90. The number of pyridine rings is 1. The molecule has 0 saturated carbocycles. The Hall–Kier alpha value is -2.88. The molecule has 0 aliphatic carbocycles. The van der Waals surface area contributed by atoms with Crippen LogP contribution in [0.1, 0.15) is 28.7 Å². The molecular formula is C16H17N3O6S. The van der Waals surface area contributed by atoms with E-state index >= 15 is 0 Å². The maximum absolute atomic E-state index is 12.2. The van der Waals surface area contributed by atoms with Crippen LogP contribution in [-0.2, 0) is 20.0 Å². The lowest BCUT2D eigenvalue weighted by atomic mass is 10.3. The minimum Gasteiger partial charge on any atom is -0.452 e. The van der Waals surface area contributed by atoms with Gasteiger partial charge in [-0.1, -0.05) is 16.9 Å². The Labute approximate surface area is 153 Å². The van der Waals surface area contributed by atoms with E-state index in [1.165, 1.54) is 17.8 Å². The third kappa shape index (κ3) is 5.88. The predicted molar refractivity (Wildman–Crippen MR) is 90.5 cm³/mol. The molecule has 9 nitrogen and oxygen atoms in total. The lowest BCUT2D eigenvalue weighted by Crippen LogP contribution is -2.34. The van der Waals surface area contributed by atoms with E-state index in [-0.39, 0.29) is 12.2 Å². The van der Waals surface area contributed by atoms with E-state index in [0.29, 0.717) is 22.2 Å². The fourth-order valence-electron chi connectivity index (χ4n) is 1.82. The maximum atomic E-state index is 12.2. The van der Waals surface area contributed by atoms with Crippen LogP contribution in [0.15, 0.2) is 33.9 Å². The summed E-state index contributed by atoms with van der Waals surface area (Å²) in [4.78, 5) is 39.0. The number of esters is 1. The average molecular weight is 379 g/mol. The van der Waals surface area contributed by atoms with Gasteiger partial charge in [-0.25, -0.2) is 14.6 Å². The highest BCUT2D eigenvalue weighted by Crippen LogP contribution is 2.24. The zero-order chi connectivity index (χ0) is 18.9.